The summed E-state index contributed by atoms with van der Waals surface area (Å²) in [7, 11) is 0. The van der Waals surface area contributed by atoms with Crippen molar-refractivity contribution >= 4 is 17.5 Å². The Morgan fingerprint density at radius 2 is 1.92 bits per heavy atom. The number of hydrogen-bond donors (Lipinski definition) is 1. The Labute approximate surface area is 159 Å². The van der Waals surface area contributed by atoms with Crippen molar-refractivity contribution in [2.75, 3.05) is 13.1 Å². The van der Waals surface area contributed by atoms with Gasteiger partial charge in [-0.05, 0) is 43.4 Å². The van der Waals surface area contributed by atoms with Crippen LogP contribution in [0.2, 0.25) is 5.02 Å². The van der Waals surface area contributed by atoms with Gasteiger partial charge in [0.2, 0.25) is 5.91 Å². The second-order valence-electron chi connectivity index (χ2n) is 6.78. The molecule has 3 nitrogen and oxygen atoms in total. The van der Waals surface area contributed by atoms with Crippen LogP contribution in [0.25, 0.3) is 0 Å². The van der Waals surface area contributed by atoms with Gasteiger partial charge in [-0.1, -0.05) is 48.0 Å². The van der Waals surface area contributed by atoms with Gasteiger partial charge in [0.25, 0.3) is 0 Å². The van der Waals surface area contributed by atoms with Gasteiger partial charge in [0.1, 0.15) is 5.82 Å². The highest BCUT2D eigenvalue weighted by molar-refractivity contribution is 6.31. The van der Waals surface area contributed by atoms with E-state index in [0.717, 1.165) is 25.7 Å². The predicted octanol–water partition coefficient (Wildman–Crippen LogP) is 4.19. The lowest BCUT2D eigenvalue weighted by Crippen LogP contribution is -2.38. The molecule has 0 radical (unpaired) electrons. The van der Waals surface area contributed by atoms with Crippen LogP contribution in [0.3, 0.4) is 0 Å². The summed E-state index contributed by atoms with van der Waals surface area (Å²) in [6, 6.07) is 15.3. The molecule has 0 spiro atoms. The van der Waals surface area contributed by atoms with E-state index in [0.29, 0.717) is 29.7 Å². The molecule has 0 heterocycles. The third-order valence-electron chi connectivity index (χ3n) is 4.64. The molecule has 2 aromatic carbocycles. The van der Waals surface area contributed by atoms with Gasteiger partial charge in [-0.2, -0.15) is 0 Å². The van der Waals surface area contributed by atoms with E-state index in [4.69, 9.17) is 11.6 Å². The van der Waals surface area contributed by atoms with Gasteiger partial charge in [0, 0.05) is 29.7 Å². The second kappa shape index (κ2) is 9.15. The maximum Gasteiger partial charge on any atom is 0.234 e. The zero-order chi connectivity index (χ0) is 18.4. The first-order chi connectivity index (χ1) is 12.6. The lowest BCUT2D eigenvalue weighted by atomic mass is 10.1. The molecule has 0 saturated heterocycles. The average molecular weight is 375 g/mol. The van der Waals surface area contributed by atoms with E-state index < -0.39 is 0 Å². The van der Waals surface area contributed by atoms with Crippen molar-refractivity contribution in [1.82, 2.24) is 10.2 Å². The number of rotatable bonds is 9. The molecule has 3 rings (SSSR count). The standard InChI is InChI=1S/C21H24ClFN2O/c22-19-9-4-10-20(23)18(19)14-25(17-11-12-17)15-21(26)24-13-5-8-16-6-2-1-3-7-16/h1-4,6-7,9-10,17H,5,8,11-15H2,(H,24,26). The molecule has 1 saturated carbocycles. The smallest absolute Gasteiger partial charge is 0.234 e. The Morgan fingerprint density at radius 3 is 2.62 bits per heavy atom. The molecule has 5 heteroatoms. The minimum absolute atomic E-state index is 0.0163. The number of hydrogen-bond acceptors (Lipinski definition) is 2. The summed E-state index contributed by atoms with van der Waals surface area (Å²) < 4.78 is 14.0. The molecule has 0 bridgehead atoms. The van der Waals surface area contributed by atoms with Crippen LogP contribution in [-0.4, -0.2) is 29.9 Å². The summed E-state index contributed by atoms with van der Waals surface area (Å²) in [4.78, 5) is 14.3. The Balaban J connectivity index is 1.46. The van der Waals surface area contributed by atoms with Crippen LogP contribution in [0.4, 0.5) is 4.39 Å². The monoisotopic (exact) mass is 374 g/mol. The van der Waals surface area contributed by atoms with E-state index >= 15 is 0 Å². The van der Waals surface area contributed by atoms with E-state index in [1.54, 1.807) is 12.1 Å². The quantitative estimate of drug-likeness (QED) is 0.667. The summed E-state index contributed by atoms with van der Waals surface area (Å²) in [5.74, 6) is -0.330. The molecule has 0 aromatic heterocycles. The number of aryl methyl sites for hydroxylation is 1. The van der Waals surface area contributed by atoms with Crippen molar-refractivity contribution in [1.29, 1.82) is 0 Å². The predicted molar refractivity (Wildman–Crippen MR) is 103 cm³/mol. The van der Waals surface area contributed by atoms with Gasteiger partial charge in [0.15, 0.2) is 0 Å². The van der Waals surface area contributed by atoms with Crippen molar-refractivity contribution in [3.8, 4) is 0 Å². The van der Waals surface area contributed by atoms with Crippen LogP contribution in [0.5, 0.6) is 0 Å². The molecule has 0 aliphatic heterocycles. The Morgan fingerprint density at radius 1 is 1.15 bits per heavy atom. The molecule has 1 amide bonds. The Kier molecular flexibility index (Phi) is 6.64. The van der Waals surface area contributed by atoms with Crippen molar-refractivity contribution in [3.63, 3.8) is 0 Å². The first kappa shape index (κ1) is 18.9. The Hall–Kier alpha value is -1.91. The molecular formula is C21H24ClFN2O. The van der Waals surface area contributed by atoms with Gasteiger partial charge in [-0.3, -0.25) is 9.69 Å². The Bertz CT molecular complexity index is 714. The molecular weight excluding hydrogens is 351 g/mol. The van der Waals surface area contributed by atoms with Crippen LogP contribution < -0.4 is 5.32 Å². The first-order valence-electron chi connectivity index (χ1n) is 9.11. The van der Waals surface area contributed by atoms with Gasteiger partial charge in [-0.15, -0.1) is 0 Å². The highest BCUT2D eigenvalue weighted by Crippen LogP contribution is 2.30. The van der Waals surface area contributed by atoms with E-state index in [1.807, 2.05) is 23.1 Å². The van der Waals surface area contributed by atoms with Gasteiger partial charge < -0.3 is 5.32 Å². The highest BCUT2D eigenvalue weighted by Gasteiger charge is 2.31. The molecule has 1 fully saturated rings. The molecule has 138 valence electrons. The number of nitrogens with zero attached hydrogens (tertiary/aromatic N) is 1. The third-order valence-corrected chi connectivity index (χ3v) is 4.99. The molecule has 2 aromatic rings. The zero-order valence-corrected chi connectivity index (χ0v) is 15.5. The van der Waals surface area contributed by atoms with Crippen molar-refractivity contribution in [2.45, 2.75) is 38.3 Å². The molecule has 0 atom stereocenters. The molecule has 1 N–H and O–H groups in total. The number of nitrogens with one attached hydrogen (secondary N) is 1. The lowest BCUT2D eigenvalue weighted by Gasteiger charge is -2.22. The summed E-state index contributed by atoms with van der Waals surface area (Å²) in [5.41, 5.74) is 1.74. The van der Waals surface area contributed by atoms with Crippen LogP contribution in [-0.2, 0) is 17.8 Å². The summed E-state index contributed by atoms with van der Waals surface area (Å²) >= 11 is 6.13. The lowest BCUT2D eigenvalue weighted by molar-refractivity contribution is -0.122. The van der Waals surface area contributed by atoms with Gasteiger partial charge >= 0.3 is 0 Å². The third kappa shape index (κ3) is 5.55. The maximum absolute atomic E-state index is 14.0. The normalized spacial score (nSPS) is 13.8. The minimum Gasteiger partial charge on any atom is -0.355 e. The van der Waals surface area contributed by atoms with E-state index in [1.165, 1.54) is 11.6 Å². The van der Waals surface area contributed by atoms with E-state index in [2.05, 4.69) is 17.4 Å². The largest absolute Gasteiger partial charge is 0.355 e. The number of carbonyl (C=O) groups is 1. The second-order valence-corrected chi connectivity index (χ2v) is 7.18. The van der Waals surface area contributed by atoms with Crippen molar-refractivity contribution < 1.29 is 9.18 Å². The maximum atomic E-state index is 14.0. The minimum atomic E-state index is -0.314. The number of benzene rings is 2. The topological polar surface area (TPSA) is 32.3 Å². The zero-order valence-electron chi connectivity index (χ0n) is 14.8. The fraction of sp³-hybridized carbons (Fsp3) is 0.381. The highest BCUT2D eigenvalue weighted by atomic mass is 35.5. The van der Waals surface area contributed by atoms with E-state index in [-0.39, 0.29) is 18.3 Å². The number of halogens is 2. The molecule has 1 aliphatic carbocycles. The van der Waals surface area contributed by atoms with Crippen LogP contribution in [0, 0.1) is 5.82 Å². The fourth-order valence-electron chi connectivity index (χ4n) is 3.05. The van der Waals surface area contributed by atoms with Crippen LogP contribution in [0.1, 0.15) is 30.4 Å². The SMILES string of the molecule is O=C(CN(Cc1c(F)cccc1Cl)C1CC1)NCCCc1ccccc1. The molecule has 1 aliphatic rings. The summed E-state index contributed by atoms with van der Waals surface area (Å²) in [6.07, 6.45) is 3.94. The van der Waals surface area contributed by atoms with Crippen molar-refractivity contribution in [2.24, 2.45) is 0 Å². The average Bonchev–Trinajstić information content (AvgIpc) is 3.47. The van der Waals surface area contributed by atoms with Gasteiger partial charge in [-0.25, -0.2) is 4.39 Å². The van der Waals surface area contributed by atoms with Gasteiger partial charge in [0.05, 0.1) is 6.54 Å². The van der Waals surface area contributed by atoms with Crippen LogP contribution >= 0.6 is 11.6 Å². The number of amides is 1. The first-order valence-corrected chi connectivity index (χ1v) is 9.49. The summed E-state index contributed by atoms with van der Waals surface area (Å²) in [6.45, 7) is 1.29. The summed E-state index contributed by atoms with van der Waals surface area (Å²) in [5, 5.41) is 3.39. The molecule has 26 heavy (non-hydrogen) atoms. The van der Waals surface area contributed by atoms with E-state index in [9.17, 15) is 9.18 Å². The fourth-order valence-corrected chi connectivity index (χ4v) is 3.27. The molecule has 0 unspecified atom stereocenters. The van der Waals surface area contributed by atoms with Crippen molar-refractivity contribution in [3.05, 3.63) is 70.5 Å². The number of carbonyl (C=O) groups excluding carboxylic acids is 1. The van der Waals surface area contributed by atoms with Crippen LogP contribution in [0.15, 0.2) is 48.5 Å².